The molecule has 0 amide bonds. The zero-order chi connectivity index (χ0) is 16.5. The van der Waals surface area contributed by atoms with Gasteiger partial charge in [-0.1, -0.05) is 43.7 Å². The highest BCUT2D eigenvalue weighted by atomic mass is 16.5. The van der Waals surface area contributed by atoms with E-state index in [1.807, 2.05) is 6.92 Å². The molecule has 24 heavy (non-hydrogen) atoms. The van der Waals surface area contributed by atoms with Crippen LogP contribution < -0.4 is 5.32 Å². The monoisotopic (exact) mass is 333 g/mol. The molecule has 5 nitrogen and oxygen atoms in total. The average molecular weight is 333 g/mol. The summed E-state index contributed by atoms with van der Waals surface area (Å²) < 4.78 is 11.8. The Kier molecular flexibility index (Phi) is 4.65. The van der Waals surface area contributed by atoms with E-state index in [2.05, 4.69) is 15.5 Å². The molecule has 0 bridgehead atoms. The minimum absolute atomic E-state index is 0.109. The fraction of sp³-hybridized carbons (Fsp3) is 0.895. The normalized spacial score (nSPS) is 29.1. The molecule has 3 fully saturated rings. The van der Waals surface area contributed by atoms with Crippen molar-refractivity contribution >= 4 is 0 Å². The van der Waals surface area contributed by atoms with E-state index in [9.17, 15) is 0 Å². The third-order valence-corrected chi connectivity index (χ3v) is 6.43. The summed E-state index contributed by atoms with van der Waals surface area (Å²) in [5.41, 5.74) is 0.0920. The Balaban J connectivity index is 1.41. The number of aromatic nitrogens is 2. The predicted molar refractivity (Wildman–Crippen MR) is 91.7 cm³/mol. The Morgan fingerprint density at radius 3 is 2.38 bits per heavy atom. The summed E-state index contributed by atoms with van der Waals surface area (Å²) in [7, 11) is 0. The molecule has 2 heterocycles. The van der Waals surface area contributed by atoms with E-state index in [1.54, 1.807) is 0 Å². The number of ether oxygens (including phenoxy) is 1. The zero-order valence-corrected chi connectivity index (χ0v) is 15.0. The summed E-state index contributed by atoms with van der Waals surface area (Å²) in [6, 6.07) is 0. The molecule has 1 aliphatic heterocycles. The zero-order valence-electron chi connectivity index (χ0n) is 15.0. The summed E-state index contributed by atoms with van der Waals surface area (Å²) in [5, 5.41) is 8.07. The van der Waals surface area contributed by atoms with Crippen LogP contribution in [0, 0.1) is 6.92 Å². The Bertz CT molecular complexity index is 545. The topological polar surface area (TPSA) is 60.2 Å². The molecular formula is C19H31N3O2. The minimum Gasteiger partial charge on any atom is -0.370 e. The van der Waals surface area contributed by atoms with Crippen LogP contribution in [0.15, 0.2) is 4.52 Å². The van der Waals surface area contributed by atoms with Gasteiger partial charge in [-0.25, -0.2) is 0 Å². The van der Waals surface area contributed by atoms with Gasteiger partial charge in [-0.05, 0) is 38.5 Å². The largest absolute Gasteiger partial charge is 0.370 e. The van der Waals surface area contributed by atoms with Gasteiger partial charge in [-0.15, -0.1) is 0 Å². The number of hydrogen-bond donors (Lipinski definition) is 1. The van der Waals surface area contributed by atoms with Crippen molar-refractivity contribution in [2.24, 2.45) is 0 Å². The summed E-state index contributed by atoms with van der Waals surface area (Å²) in [4.78, 5) is 4.55. The van der Waals surface area contributed by atoms with Crippen LogP contribution in [0.2, 0.25) is 0 Å². The molecule has 1 spiro atoms. The Hall–Kier alpha value is -0.940. The van der Waals surface area contributed by atoms with Crippen molar-refractivity contribution in [2.75, 3.05) is 6.54 Å². The third kappa shape index (κ3) is 3.25. The number of rotatable bonds is 4. The number of nitrogens with one attached hydrogen (secondary N) is 1. The highest BCUT2D eigenvalue weighted by Gasteiger charge is 2.43. The molecule has 1 aromatic heterocycles. The lowest BCUT2D eigenvalue weighted by Crippen LogP contribution is -2.48. The van der Waals surface area contributed by atoms with Crippen molar-refractivity contribution in [1.82, 2.24) is 15.5 Å². The quantitative estimate of drug-likeness (QED) is 0.902. The molecule has 1 atom stereocenters. The fourth-order valence-corrected chi connectivity index (χ4v) is 5.04. The van der Waals surface area contributed by atoms with Gasteiger partial charge in [0, 0.05) is 13.5 Å². The summed E-state index contributed by atoms with van der Waals surface area (Å²) in [5.74, 6) is 1.51. The van der Waals surface area contributed by atoms with E-state index in [1.165, 1.54) is 64.2 Å². The van der Waals surface area contributed by atoms with Crippen molar-refractivity contribution in [2.45, 2.75) is 101 Å². The lowest BCUT2D eigenvalue weighted by Gasteiger charge is -2.37. The van der Waals surface area contributed by atoms with Gasteiger partial charge in [-0.3, -0.25) is 0 Å². The molecule has 0 radical (unpaired) electrons. The van der Waals surface area contributed by atoms with Crippen LogP contribution in [0.25, 0.3) is 0 Å². The number of nitrogens with zero attached hydrogens (tertiary/aromatic N) is 2. The van der Waals surface area contributed by atoms with Gasteiger partial charge in [0.05, 0.1) is 17.2 Å². The molecule has 1 saturated heterocycles. The first-order valence-corrected chi connectivity index (χ1v) is 9.94. The second-order valence-electron chi connectivity index (χ2n) is 8.18. The van der Waals surface area contributed by atoms with Crippen LogP contribution in [0.1, 0.15) is 88.8 Å². The summed E-state index contributed by atoms with van der Waals surface area (Å²) >= 11 is 0. The molecule has 2 aliphatic carbocycles. The summed E-state index contributed by atoms with van der Waals surface area (Å²) in [6.07, 6.45) is 15.3. The Morgan fingerprint density at radius 2 is 1.71 bits per heavy atom. The van der Waals surface area contributed by atoms with E-state index in [0.717, 1.165) is 25.2 Å². The standard InChI is InChI=1S/C19H31N3O2/c1-15-21-17(22-24-15)19(11-6-3-7-12-19)20-14-16-8-13-18(23-16)9-4-2-5-10-18/h16,20H,2-14H2,1H3. The predicted octanol–water partition coefficient (Wildman–Crippen LogP) is 4.01. The minimum atomic E-state index is -0.109. The van der Waals surface area contributed by atoms with Crippen molar-refractivity contribution in [3.8, 4) is 0 Å². The molecule has 134 valence electrons. The van der Waals surface area contributed by atoms with Crippen LogP contribution >= 0.6 is 0 Å². The SMILES string of the molecule is Cc1nc(C2(NCC3CCC4(CCCCC4)O3)CCCCC2)no1. The van der Waals surface area contributed by atoms with Crippen LogP contribution in [0.5, 0.6) is 0 Å². The lowest BCUT2D eigenvalue weighted by atomic mass is 9.80. The first-order chi connectivity index (χ1) is 11.7. The molecule has 5 heteroatoms. The van der Waals surface area contributed by atoms with Crippen molar-refractivity contribution in [3.63, 3.8) is 0 Å². The second-order valence-corrected chi connectivity index (χ2v) is 8.18. The second kappa shape index (κ2) is 6.75. The molecule has 4 rings (SSSR count). The first-order valence-electron chi connectivity index (χ1n) is 9.94. The van der Waals surface area contributed by atoms with Crippen molar-refractivity contribution in [3.05, 3.63) is 11.7 Å². The maximum atomic E-state index is 6.54. The molecule has 3 aliphatic rings. The Morgan fingerprint density at radius 1 is 1.00 bits per heavy atom. The highest BCUT2D eigenvalue weighted by molar-refractivity contribution is 5.07. The highest BCUT2D eigenvalue weighted by Crippen LogP contribution is 2.42. The molecule has 1 N–H and O–H groups in total. The van der Waals surface area contributed by atoms with E-state index in [0.29, 0.717) is 12.0 Å². The van der Waals surface area contributed by atoms with E-state index < -0.39 is 0 Å². The number of aryl methyl sites for hydroxylation is 1. The number of hydrogen-bond acceptors (Lipinski definition) is 5. The molecule has 0 aromatic carbocycles. The third-order valence-electron chi connectivity index (χ3n) is 6.43. The van der Waals surface area contributed by atoms with Crippen molar-refractivity contribution in [1.29, 1.82) is 0 Å². The van der Waals surface area contributed by atoms with Gasteiger partial charge in [0.25, 0.3) is 0 Å². The van der Waals surface area contributed by atoms with Gasteiger partial charge in [0.15, 0.2) is 5.82 Å². The molecule has 1 aromatic rings. The molecule has 2 saturated carbocycles. The van der Waals surface area contributed by atoms with Gasteiger partial charge in [-0.2, -0.15) is 4.98 Å². The van der Waals surface area contributed by atoms with Crippen molar-refractivity contribution < 1.29 is 9.26 Å². The molecular weight excluding hydrogens is 302 g/mol. The maximum Gasteiger partial charge on any atom is 0.223 e. The van der Waals surface area contributed by atoms with E-state index >= 15 is 0 Å². The maximum absolute atomic E-state index is 6.54. The van der Waals surface area contributed by atoms with Crippen LogP contribution in [-0.2, 0) is 10.3 Å². The smallest absolute Gasteiger partial charge is 0.223 e. The van der Waals surface area contributed by atoms with Crippen LogP contribution in [0.4, 0.5) is 0 Å². The summed E-state index contributed by atoms with van der Waals surface area (Å²) in [6.45, 7) is 2.79. The van der Waals surface area contributed by atoms with E-state index in [4.69, 9.17) is 9.26 Å². The molecule has 1 unspecified atom stereocenters. The Labute approximate surface area is 144 Å². The van der Waals surface area contributed by atoms with Gasteiger partial charge in [0.1, 0.15) is 0 Å². The van der Waals surface area contributed by atoms with Gasteiger partial charge < -0.3 is 14.6 Å². The van der Waals surface area contributed by atoms with Gasteiger partial charge >= 0.3 is 0 Å². The lowest BCUT2D eigenvalue weighted by molar-refractivity contribution is -0.0650. The van der Waals surface area contributed by atoms with Crippen LogP contribution in [0.3, 0.4) is 0 Å². The first kappa shape index (κ1) is 16.5. The van der Waals surface area contributed by atoms with Crippen LogP contribution in [-0.4, -0.2) is 28.4 Å². The fourth-order valence-electron chi connectivity index (χ4n) is 5.04. The average Bonchev–Trinajstić information content (AvgIpc) is 3.22. The van der Waals surface area contributed by atoms with Gasteiger partial charge in [0.2, 0.25) is 5.89 Å². The van der Waals surface area contributed by atoms with E-state index in [-0.39, 0.29) is 11.1 Å².